The highest BCUT2D eigenvalue weighted by molar-refractivity contribution is 4.52. The van der Waals surface area contributed by atoms with Crippen LogP contribution in [0.25, 0.3) is 0 Å². The summed E-state index contributed by atoms with van der Waals surface area (Å²) in [6, 6.07) is 0. The van der Waals surface area contributed by atoms with Gasteiger partial charge in [0.25, 0.3) is 0 Å². The van der Waals surface area contributed by atoms with E-state index in [1.165, 1.54) is 0 Å². The van der Waals surface area contributed by atoms with Gasteiger partial charge in [0, 0.05) is 396 Å². The van der Waals surface area contributed by atoms with Crippen LogP contribution in [-0.2, 0) is 137 Å². The van der Waals surface area contributed by atoms with Gasteiger partial charge in [0.2, 0.25) is 0 Å². The van der Waals surface area contributed by atoms with Gasteiger partial charge in [-0.05, 0) is 193 Å². The Kier molecular flexibility index (Phi) is 118. The van der Waals surface area contributed by atoms with Crippen molar-refractivity contribution in [3.63, 3.8) is 0 Å². The molecule has 728 valence electrons. The van der Waals surface area contributed by atoms with Gasteiger partial charge in [0.15, 0.2) is 0 Å². The summed E-state index contributed by atoms with van der Waals surface area (Å²) in [5.41, 5.74) is 0. The van der Waals surface area contributed by atoms with Crippen molar-refractivity contribution in [3.05, 3.63) is 0 Å². The average Bonchev–Trinajstić information content (AvgIpc) is 2.28. The standard InChI is InChI=1S/C90H182O31/c91-31-1-33-93-35-3-37-95-39-5-41-97-43-7-45-99-47-9-49-101-51-11-53-103-55-13-57-105-59-15-61-107-63-17-65-109-67-19-69-111-71-21-73-113-75-23-77-115-79-25-81-117-83-27-85-119-87-29-89-121-90-30-88-120-86-28-84-118-82-26-80-116-78-24-76-114-74-22-72-112-70-20-68-110-66-18-64-108-62-16-60-106-58-14-56-104-54-12-52-102-50-10-48-100-46-8-44-98-42-6-40-96-38-4-36-94-34-2-32-92/h91-92H,1-90H2. The molecule has 31 heteroatoms. The minimum atomic E-state index is 0.173. The average molecular weight is 1760 g/mol. The lowest BCUT2D eigenvalue weighted by Gasteiger charge is -2.08. The second kappa shape index (κ2) is 119. The van der Waals surface area contributed by atoms with Crippen LogP contribution in [0.2, 0.25) is 0 Å². The van der Waals surface area contributed by atoms with Crippen LogP contribution in [0.5, 0.6) is 0 Å². The summed E-state index contributed by atoms with van der Waals surface area (Å²) in [5.74, 6) is 0. The Hall–Kier alpha value is -1.24. The maximum Gasteiger partial charge on any atom is 0.0488 e. The van der Waals surface area contributed by atoms with Crippen LogP contribution in [0.4, 0.5) is 0 Å². The molecule has 0 saturated carbocycles. The van der Waals surface area contributed by atoms with Crippen LogP contribution in [0.15, 0.2) is 0 Å². The molecule has 0 bridgehead atoms. The van der Waals surface area contributed by atoms with Crippen molar-refractivity contribution in [2.24, 2.45) is 0 Å². The number of rotatable bonds is 118. The molecule has 2 N–H and O–H groups in total. The van der Waals surface area contributed by atoms with E-state index in [1.807, 2.05) is 0 Å². The van der Waals surface area contributed by atoms with Gasteiger partial charge < -0.3 is 148 Å². The first-order chi connectivity index (χ1) is 60.4. The van der Waals surface area contributed by atoms with Crippen LogP contribution < -0.4 is 0 Å². The zero-order valence-corrected chi connectivity index (χ0v) is 76.4. The van der Waals surface area contributed by atoms with Crippen molar-refractivity contribution in [2.45, 2.75) is 193 Å². The molecule has 0 atom stereocenters. The predicted molar refractivity (Wildman–Crippen MR) is 466 cm³/mol. The van der Waals surface area contributed by atoms with Gasteiger partial charge in [0.1, 0.15) is 0 Å². The van der Waals surface area contributed by atoms with E-state index in [2.05, 4.69) is 0 Å². The van der Waals surface area contributed by atoms with Crippen molar-refractivity contribution in [3.8, 4) is 0 Å². The lowest BCUT2D eigenvalue weighted by Crippen LogP contribution is -2.09. The molecule has 0 unspecified atom stereocenters. The van der Waals surface area contributed by atoms with Crippen molar-refractivity contribution >= 4 is 0 Å². The summed E-state index contributed by atoms with van der Waals surface area (Å²) in [6.07, 6.45) is 26.1. The fourth-order valence-corrected chi connectivity index (χ4v) is 10.7. The minimum Gasteiger partial charge on any atom is -0.396 e. The van der Waals surface area contributed by atoms with E-state index >= 15 is 0 Å². The van der Waals surface area contributed by atoms with Crippen LogP contribution in [0.3, 0.4) is 0 Å². The highest BCUT2D eigenvalue weighted by Crippen LogP contribution is 2.04. The highest BCUT2D eigenvalue weighted by atomic mass is 16.6. The van der Waals surface area contributed by atoms with Crippen molar-refractivity contribution in [1.82, 2.24) is 0 Å². The summed E-state index contributed by atoms with van der Waals surface area (Å²) < 4.78 is 165. The molecule has 0 aliphatic rings. The van der Waals surface area contributed by atoms with Crippen LogP contribution in [0, 0.1) is 0 Å². The quantitative estimate of drug-likeness (QED) is 0.0535. The molecular formula is C90H182O31. The topological polar surface area (TPSA) is 308 Å². The molecule has 31 nitrogen and oxygen atoms in total. The second-order valence-electron chi connectivity index (χ2n) is 28.8. The number of hydrogen-bond acceptors (Lipinski definition) is 31. The monoisotopic (exact) mass is 1760 g/mol. The molecule has 0 fully saturated rings. The zero-order chi connectivity index (χ0) is 86.1. The normalized spacial score (nSPS) is 11.9. The van der Waals surface area contributed by atoms with Crippen LogP contribution in [-0.4, -0.2) is 407 Å². The Morgan fingerprint density at radius 2 is 0.107 bits per heavy atom. The summed E-state index contributed by atoms with van der Waals surface area (Å²) in [7, 11) is 0. The Balaban J connectivity index is 3.10. The van der Waals surface area contributed by atoms with E-state index in [4.69, 9.17) is 148 Å². The summed E-state index contributed by atoms with van der Waals surface area (Å²) in [4.78, 5) is 0. The third kappa shape index (κ3) is 119. The SMILES string of the molecule is OCCCOCCCOCCCOCCCOCCCOCCCOCCCOCCCOCCCOCCCOCCCOCCCOCCCOCCCOCCCOCCCOCCCOCCCOCCCOCCCOCCCOCCCOCCCOCCCOCCCOCCCOCCCOCCCOCCCOCCCO. The third-order valence-electron chi connectivity index (χ3n) is 17.1. The predicted octanol–water partition coefficient (Wildman–Crippen LogP) is 11.2. The van der Waals surface area contributed by atoms with Gasteiger partial charge >= 0.3 is 0 Å². The molecular weight excluding hydrogens is 1580 g/mol. The molecule has 0 aromatic heterocycles. The smallest absolute Gasteiger partial charge is 0.0488 e. The van der Waals surface area contributed by atoms with E-state index in [0.29, 0.717) is 396 Å². The molecule has 0 rings (SSSR count). The Morgan fingerprint density at radius 1 is 0.0661 bits per heavy atom. The van der Waals surface area contributed by atoms with Gasteiger partial charge in [-0.3, -0.25) is 0 Å². The molecule has 0 aromatic carbocycles. The van der Waals surface area contributed by atoms with Gasteiger partial charge in [-0.1, -0.05) is 0 Å². The molecule has 121 heavy (non-hydrogen) atoms. The summed E-state index contributed by atoms with van der Waals surface area (Å²) in [5, 5.41) is 17.4. The van der Waals surface area contributed by atoms with Gasteiger partial charge in [0.05, 0.1) is 0 Å². The van der Waals surface area contributed by atoms with Crippen LogP contribution >= 0.6 is 0 Å². The molecule has 0 amide bonds. The van der Waals surface area contributed by atoms with E-state index in [-0.39, 0.29) is 13.2 Å². The van der Waals surface area contributed by atoms with Crippen LogP contribution in [0.1, 0.15) is 193 Å². The lowest BCUT2D eigenvalue weighted by molar-refractivity contribution is 0.0385. The number of aliphatic hydroxyl groups is 2. The van der Waals surface area contributed by atoms with E-state index < -0.39 is 0 Å². The Morgan fingerprint density at radius 3 is 0.149 bits per heavy atom. The highest BCUT2D eigenvalue weighted by Gasteiger charge is 2.05. The van der Waals surface area contributed by atoms with E-state index in [0.717, 1.165) is 180 Å². The molecule has 0 saturated heterocycles. The number of aliphatic hydroxyl groups excluding tert-OH is 2. The molecule has 0 radical (unpaired) electrons. The van der Waals surface area contributed by atoms with Gasteiger partial charge in [-0.15, -0.1) is 0 Å². The maximum atomic E-state index is 8.72. The maximum absolute atomic E-state index is 8.72. The lowest BCUT2D eigenvalue weighted by atomic mass is 10.4. The number of ether oxygens (including phenoxy) is 29. The first-order valence-electron chi connectivity index (χ1n) is 47.4. The van der Waals surface area contributed by atoms with Crippen molar-refractivity contribution < 1.29 is 148 Å². The Bertz CT molecular complexity index is 1550. The van der Waals surface area contributed by atoms with Crippen molar-refractivity contribution in [1.29, 1.82) is 0 Å². The van der Waals surface area contributed by atoms with E-state index in [9.17, 15) is 0 Å². The molecule has 0 spiro atoms. The number of hydrogen-bond donors (Lipinski definition) is 2. The van der Waals surface area contributed by atoms with E-state index in [1.54, 1.807) is 0 Å². The largest absolute Gasteiger partial charge is 0.396 e. The molecule has 0 heterocycles. The third-order valence-corrected chi connectivity index (χ3v) is 17.1. The summed E-state index contributed by atoms with van der Waals surface area (Å²) in [6.45, 7) is 40.4. The minimum absolute atomic E-state index is 0.173. The van der Waals surface area contributed by atoms with Gasteiger partial charge in [-0.25, -0.2) is 0 Å². The molecule has 0 aromatic rings. The molecule has 0 aliphatic carbocycles. The molecule has 0 aliphatic heterocycles. The summed E-state index contributed by atoms with van der Waals surface area (Å²) >= 11 is 0. The fourth-order valence-electron chi connectivity index (χ4n) is 10.7. The first kappa shape index (κ1) is 120. The first-order valence-corrected chi connectivity index (χ1v) is 47.4. The van der Waals surface area contributed by atoms with Gasteiger partial charge in [-0.2, -0.15) is 0 Å². The Labute approximate surface area is 733 Å². The van der Waals surface area contributed by atoms with Crippen molar-refractivity contribution in [2.75, 3.05) is 396 Å². The fraction of sp³-hybridized carbons (Fsp3) is 1.00. The zero-order valence-electron chi connectivity index (χ0n) is 76.4. The second-order valence-corrected chi connectivity index (χ2v) is 28.8.